The van der Waals surface area contributed by atoms with Crippen molar-refractivity contribution in [2.75, 3.05) is 33.9 Å². The highest BCUT2D eigenvalue weighted by atomic mass is 16.5. The number of fused-ring (bicyclic) bond motifs is 1. The molecule has 1 N–H and O–H groups in total. The Morgan fingerprint density at radius 1 is 1.28 bits per heavy atom. The standard InChI is InChI=1S/C21H26N4O4/c1-27-17-6-3-7-18(28-2)20(17)29-13-19(26)25-10-4-5-16(25)21-23-12-14-11-22-9-8-15(14)24-21/h3,6-7,12,16,22H,4-5,8-11,13H2,1-2H3/t16-/m0/s1. The fraction of sp³-hybridized carbons (Fsp3) is 0.476. The Bertz CT molecular complexity index is 867. The average molecular weight is 398 g/mol. The smallest absolute Gasteiger partial charge is 0.261 e. The lowest BCUT2D eigenvalue weighted by Crippen LogP contribution is -2.35. The Morgan fingerprint density at radius 2 is 2.07 bits per heavy atom. The van der Waals surface area contributed by atoms with Crippen LogP contribution < -0.4 is 19.5 Å². The zero-order chi connectivity index (χ0) is 20.2. The quantitative estimate of drug-likeness (QED) is 0.795. The van der Waals surface area contributed by atoms with Gasteiger partial charge < -0.3 is 24.4 Å². The molecule has 3 heterocycles. The normalized spacial score (nSPS) is 18.3. The van der Waals surface area contributed by atoms with Gasteiger partial charge >= 0.3 is 0 Å². The molecule has 1 aromatic carbocycles. The minimum atomic E-state index is -0.106. The number of carbonyl (C=O) groups is 1. The number of methoxy groups -OCH3 is 2. The van der Waals surface area contributed by atoms with Gasteiger partial charge in [-0.1, -0.05) is 6.07 Å². The first-order valence-corrected chi connectivity index (χ1v) is 9.90. The van der Waals surface area contributed by atoms with Crippen LogP contribution in [0.4, 0.5) is 0 Å². The molecule has 1 saturated heterocycles. The summed E-state index contributed by atoms with van der Waals surface area (Å²) in [5.41, 5.74) is 2.23. The molecule has 154 valence electrons. The monoisotopic (exact) mass is 398 g/mol. The minimum Gasteiger partial charge on any atom is -0.493 e. The number of likely N-dealkylation sites (tertiary alicyclic amines) is 1. The Labute approximate surface area is 170 Å². The Balaban J connectivity index is 1.48. The van der Waals surface area contributed by atoms with Crippen molar-refractivity contribution in [3.8, 4) is 17.2 Å². The first-order valence-electron chi connectivity index (χ1n) is 9.90. The van der Waals surface area contributed by atoms with Crippen molar-refractivity contribution < 1.29 is 19.0 Å². The Kier molecular flexibility index (Phi) is 5.80. The first kappa shape index (κ1) is 19.4. The molecule has 1 fully saturated rings. The topological polar surface area (TPSA) is 85.8 Å². The number of hydrogen-bond acceptors (Lipinski definition) is 7. The van der Waals surface area contributed by atoms with Crippen LogP contribution in [-0.4, -0.2) is 54.7 Å². The number of ether oxygens (including phenoxy) is 3. The molecular formula is C21H26N4O4. The molecule has 1 aromatic heterocycles. The highest BCUT2D eigenvalue weighted by Gasteiger charge is 2.33. The third-order valence-corrected chi connectivity index (χ3v) is 5.42. The van der Waals surface area contributed by atoms with Gasteiger partial charge in [-0.05, 0) is 25.0 Å². The van der Waals surface area contributed by atoms with Gasteiger partial charge in [0, 0.05) is 43.5 Å². The average Bonchev–Trinajstić information content (AvgIpc) is 3.27. The van der Waals surface area contributed by atoms with Gasteiger partial charge in [0.05, 0.1) is 20.3 Å². The lowest BCUT2D eigenvalue weighted by Gasteiger charge is -2.25. The molecule has 1 amide bonds. The minimum absolute atomic E-state index is 0.0940. The number of nitrogens with one attached hydrogen (secondary N) is 1. The summed E-state index contributed by atoms with van der Waals surface area (Å²) in [5.74, 6) is 2.12. The summed E-state index contributed by atoms with van der Waals surface area (Å²) in [4.78, 5) is 24.1. The summed E-state index contributed by atoms with van der Waals surface area (Å²) < 4.78 is 16.5. The van der Waals surface area contributed by atoms with E-state index in [0.717, 1.165) is 49.4 Å². The molecular weight excluding hydrogens is 372 g/mol. The van der Waals surface area contributed by atoms with Crippen molar-refractivity contribution in [1.82, 2.24) is 20.2 Å². The molecule has 0 unspecified atom stereocenters. The summed E-state index contributed by atoms with van der Waals surface area (Å²) in [6.07, 6.45) is 4.57. The van der Waals surface area contributed by atoms with Gasteiger partial charge in [-0.25, -0.2) is 9.97 Å². The number of aromatic nitrogens is 2. The lowest BCUT2D eigenvalue weighted by molar-refractivity contribution is -0.134. The van der Waals surface area contributed by atoms with Crippen molar-refractivity contribution in [3.05, 3.63) is 41.5 Å². The lowest BCUT2D eigenvalue weighted by atomic mass is 10.1. The van der Waals surface area contributed by atoms with Crippen molar-refractivity contribution in [2.24, 2.45) is 0 Å². The second-order valence-electron chi connectivity index (χ2n) is 7.15. The molecule has 1 atom stereocenters. The molecule has 2 aliphatic rings. The summed E-state index contributed by atoms with van der Waals surface area (Å²) in [6, 6.07) is 5.25. The fourth-order valence-corrected chi connectivity index (χ4v) is 3.92. The molecule has 4 rings (SSSR count). The van der Waals surface area contributed by atoms with E-state index in [1.165, 1.54) is 0 Å². The highest BCUT2D eigenvalue weighted by Crippen LogP contribution is 2.37. The second kappa shape index (κ2) is 8.65. The van der Waals surface area contributed by atoms with E-state index >= 15 is 0 Å². The molecule has 0 radical (unpaired) electrons. The molecule has 0 spiro atoms. The van der Waals surface area contributed by atoms with Gasteiger partial charge in [0.25, 0.3) is 5.91 Å². The van der Waals surface area contributed by atoms with E-state index in [4.69, 9.17) is 19.2 Å². The summed E-state index contributed by atoms with van der Waals surface area (Å²) in [5, 5.41) is 3.33. The SMILES string of the molecule is COc1cccc(OC)c1OCC(=O)N1CCC[C@H]1c1ncc2c(n1)CCNC2. The zero-order valence-corrected chi connectivity index (χ0v) is 16.8. The van der Waals surface area contributed by atoms with Crippen molar-refractivity contribution in [1.29, 1.82) is 0 Å². The van der Waals surface area contributed by atoms with Crippen LogP contribution in [0.3, 0.4) is 0 Å². The highest BCUT2D eigenvalue weighted by molar-refractivity contribution is 5.78. The van der Waals surface area contributed by atoms with Crippen LogP contribution in [0.2, 0.25) is 0 Å². The van der Waals surface area contributed by atoms with Gasteiger partial charge in [0.2, 0.25) is 5.75 Å². The van der Waals surface area contributed by atoms with Crippen LogP contribution in [0.25, 0.3) is 0 Å². The Morgan fingerprint density at radius 3 is 2.83 bits per heavy atom. The van der Waals surface area contributed by atoms with Crippen LogP contribution in [-0.2, 0) is 17.8 Å². The van der Waals surface area contributed by atoms with E-state index < -0.39 is 0 Å². The molecule has 2 aromatic rings. The van der Waals surface area contributed by atoms with Gasteiger partial charge in [0.1, 0.15) is 0 Å². The van der Waals surface area contributed by atoms with E-state index in [1.54, 1.807) is 26.4 Å². The number of para-hydroxylation sites is 1. The maximum absolute atomic E-state index is 12.9. The maximum Gasteiger partial charge on any atom is 0.261 e. The molecule has 0 aliphatic carbocycles. The van der Waals surface area contributed by atoms with Gasteiger partial charge in [-0.3, -0.25) is 4.79 Å². The van der Waals surface area contributed by atoms with E-state index in [0.29, 0.717) is 23.8 Å². The van der Waals surface area contributed by atoms with Crippen molar-refractivity contribution >= 4 is 5.91 Å². The molecule has 8 heteroatoms. The van der Waals surface area contributed by atoms with Gasteiger partial charge in [-0.15, -0.1) is 0 Å². The number of carbonyl (C=O) groups excluding carboxylic acids is 1. The molecule has 2 aliphatic heterocycles. The summed E-state index contributed by atoms with van der Waals surface area (Å²) in [6.45, 7) is 2.31. The van der Waals surface area contributed by atoms with E-state index in [-0.39, 0.29) is 18.6 Å². The molecule has 0 bridgehead atoms. The third-order valence-electron chi connectivity index (χ3n) is 5.42. The van der Waals surface area contributed by atoms with Crippen LogP contribution in [0, 0.1) is 0 Å². The number of hydrogen-bond donors (Lipinski definition) is 1. The van der Waals surface area contributed by atoms with Crippen LogP contribution in [0.1, 0.15) is 36.0 Å². The second-order valence-corrected chi connectivity index (χ2v) is 7.15. The van der Waals surface area contributed by atoms with Gasteiger partial charge in [-0.2, -0.15) is 0 Å². The largest absolute Gasteiger partial charge is 0.493 e. The van der Waals surface area contributed by atoms with Gasteiger partial charge in [0.15, 0.2) is 23.9 Å². The summed E-state index contributed by atoms with van der Waals surface area (Å²) in [7, 11) is 3.12. The molecule has 8 nitrogen and oxygen atoms in total. The van der Waals surface area contributed by atoms with Crippen LogP contribution in [0.5, 0.6) is 17.2 Å². The molecule has 0 saturated carbocycles. The number of benzene rings is 1. The van der Waals surface area contributed by atoms with Crippen molar-refractivity contribution in [2.45, 2.75) is 31.8 Å². The van der Waals surface area contributed by atoms with Crippen LogP contribution in [0.15, 0.2) is 24.4 Å². The summed E-state index contributed by atoms with van der Waals surface area (Å²) >= 11 is 0. The predicted octanol–water partition coefficient (Wildman–Crippen LogP) is 1.88. The number of nitrogens with zero attached hydrogens (tertiary/aromatic N) is 3. The first-order chi connectivity index (χ1) is 14.2. The predicted molar refractivity (Wildman–Crippen MR) is 106 cm³/mol. The van der Waals surface area contributed by atoms with E-state index in [2.05, 4.69) is 10.3 Å². The number of rotatable bonds is 6. The van der Waals surface area contributed by atoms with E-state index in [1.807, 2.05) is 17.2 Å². The third kappa shape index (κ3) is 3.98. The number of amides is 1. The van der Waals surface area contributed by atoms with E-state index in [9.17, 15) is 4.79 Å². The maximum atomic E-state index is 12.9. The zero-order valence-electron chi connectivity index (χ0n) is 16.8. The van der Waals surface area contributed by atoms with Crippen molar-refractivity contribution in [3.63, 3.8) is 0 Å². The fourth-order valence-electron chi connectivity index (χ4n) is 3.92. The Hall–Kier alpha value is -2.87. The molecule has 29 heavy (non-hydrogen) atoms. The van der Waals surface area contributed by atoms with Crippen LogP contribution >= 0.6 is 0 Å².